The number of hydrogen-bond acceptors (Lipinski definition) is 2. The maximum absolute atomic E-state index is 11.9. The van der Waals surface area contributed by atoms with Crippen LogP contribution in [0.15, 0.2) is 23.0 Å². The van der Waals surface area contributed by atoms with Gasteiger partial charge in [-0.25, -0.2) is 9.98 Å². The number of guanidine groups is 1. The normalized spacial score (nSPS) is 14.0. The Balaban J connectivity index is 1.84. The Morgan fingerprint density at radius 1 is 1.45 bits per heavy atom. The fraction of sp³-hybridized carbons (Fsp3) is 0.267. The molecule has 0 saturated carbocycles. The molecule has 1 heterocycles. The van der Waals surface area contributed by atoms with Gasteiger partial charge in [0.25, 0.3) is 11.5 Å². The standard InChI is InChI=1S/C15H16ClN5O/c1-8-5-6-9(7-11(8)16)18-14(17)21-15-19-12-4-2-3-10(12)13(22)20-15/h5-7H,2-4H2,1H3,(H4,17,18,19,20,21,22)/p+1. The van der Waals surface area contributed by atoms with Gasteiger partial charge in [0, 0.05) is 11.4 Å². The van der Waals surface area contributed by atoms with Crippen LogP contribution in [-0.4, -0.2) is 15.9 Å². The first-order valence-electron chi connectivity index (χ1n) is 7.07. The van der Waals surface area contributed by atoms with E-state index in [0.717, 1.165) is 41.8 Å². The number of benzene rings is 1. The Bertz CT molecular complexity index is 812. The predicted molar refractivity (Wildman–Crippen MR) is 86.5 cm³/mol. The monoisotopic (exact) mass is 318 g/mol. The van der Waals surface area contributed by atoms with Crippen LogP contribution in [0.4, 0.5) is 11.6 Å². The molecular weight excluding hydrogens is 302 g/mol. The van der Waals surface area contributed by atoms with Crippen molar-refractivity contribution in [3.8, 4) is 0 Å². The minimum absolute atomic E-state index is 0.101. The van der Waals surface area contributed by atoms with Crippen LogP contribution in [0, 0.1) is 6.92 Å². The molecule has 6 nitrogen and oxygen atoms in total. The highest BCUT2D eigenvalue weighted by molar-refractivity contribution is 6.31. The van der Waals surface area contributed by atoms with Crippen LogP contribution in [0.5, 0.6) is 0 Å². The van der Waals surface area contributed by atoms with Gasteiger partial charge in [0.2, 0.25) is 0 Å². The van der Waals surface area contributed by atoms with E-state index >= 15 is 0 Å². The van der Waals surface area contributed by atoms with Gasteiger partial charge in [-0.3, -0.25) is 10.1 Å². The van der Waals surface area contributed by atoms with Crippen LogP contribution in [-0.2, 0) is 12.8 Å². The molecule has 5 N–H and O–H groups in total. The van der Waals surface area contributed by atoms with Gasteiger partial charge in [-0.2, -0.15) is 0 Å². The molecule has 0 spiro atoms. The molecule has 1 aliphatic rings. The molecule has 0 unspecified atom stereocenters. The minimum atomic E-state index is -0.101. The Kier molecular flexibility index (Phi) is 3.85. The van der Waals surface area contributed by atoms with Crippen molar-refractivity contribution < 1.29 is 4.99 Å². The maximum Gasteiger partial charge on any atom is 0.325 e. The second kappa shape index (κ2) is 5.81. The summed E-state index contributed by atoms with van der Waals surface area (Å²) < 4.78 is 0. The largest absolute Gasteiger partial charge is 0.325 e. The molecule has 0 aliphatic heterocycles. The van der Waals surface area contributed by atoms with Crippen LogP contribution < -0.4 is 21.6 Å². The summed E-state index contributed by atoms with van der Waals surface area (Å²) in [6.07, 6.45) is 2.58. The third-order valence-electron chi connectivity index (χ3n) is 3.65. The third-order valence-corrected chi connectivity index (χ3v) is 4.05. The second-order valence-electron chi connectivity index (χ2n) is 5.32. The number of H-pyrrole nitrogens is 1. The van der Waals surface area contributed by atoms with Gasteiger partial charge in [0.1, 0.15) is 0 Å². The van der Waals surface area contributed by atoms with Crippen LogP contribution in [0.3, 0.4) is 0 Å². The first-order valence-corrected chi connectivity index (χ1v) is 7.45. The van der Waals surface area contributed by atoms with Crippen molar-refractivity contribution in [3.63, 3.8) is 0 Å². The van der Waals surface area contributed by atoms with E-state index in [4.69, 9.17) is 17.3 Å². The Morgan fingerprint density at radius 2 is 2.27 bits per heavy atom. The summed E-state index contributed by atoms with van der Waals surface area (Å²) in [6.45, 7) is 1.93. The van der Waals surface area contributed by atoms with Gasteiger partial charge in [0.05, 0.1) is 16.9 Å². The number of rotatable bonds is 2. The number of aryl methyl sites for hydroxylation is 2. The van der Waals surface area contributed by atoms with Gasteiger partial charge in [-0.15, -0.1) is 4.98 Å². The van der Waals surface area contributed by atoms with Crippen LogP contribution in [0.1, 0.15) is 23.2 Å². The van der Waals surface area contributed by atoms with Crippen LogP contribution in [0.2, 0.25) is 5.02 Å². The molecule has 3 rings (SSSR count). The summed E-state index contributed by atoms with van der Waals surface area (Å²) >= 11 is 6.07. The number of aromatic nitrogens is 2. The average Bonchev–Trinajstić information content (AvgIpc) is 2.91. The Hall–Kier alpha value is -2.34. The van der Waals surface area contributed by atoms with Crippen molar-refractivity contribution in [3.05, 3.63) is 50.4 Å². The smallest absolute Gasteiger partial charge is 0.322 e. The van der Waals surface area contributed by atoms with E-state index in [1.165, 1.54) is 0 Å². The van der Waals surface area contributed by atoms with E-state index in [1.807, 2.05) is 19.1 Å². The zero-order valence-corrected chi connectivity index (χ0v) is 12.9. The van der Waals surface area contributed by atoms with Gasteiger partial charge in [-0.1, -0.05) is 17.7 Å². The van der Waals surface area contributed by atoms with Crippen molar-refractivity contribution in [1.82, 2.24) is 9.97 Å². The first kappa shape index (κ1) is 14.6. The Morgan fingerprint density at radius 3 is 3.05 bits per heavy atom. The summed E-state index contributed by atoms with van der Waals surface area (Å²) in [5.74, 6) is 0.606. The van der Waals surface area contributed by atoms with Gasteiger partial charge < -0.3 is 5.73 Å². The van der Waals surface area contributed by atoms with Crippen LogP contribution >= 0.6 is 11.6 Å². The first-order chi connectivity index (χ1) is 10.5. The number of hydrogen-bond donors (Lipinski definition) is 4. The lowest BCUT2D eigenvalue weighted by atomic mass is 10.2. The molecule has 1 aromatic heterocycles. The number of nitrogens with zero attached hydrogens (tertiary/aromatic N) is 1. The van der Waals surface area contributed by atoms with Crippen molar-refractivity contribution in [2.75, 3.05) is 5.32 Å². The molecule has 114 valence electrons. The summed E-state index contributed by atoms with van der Waals surface area (Å²) in [5.41, 5.74) is 9.18. The molecule has 22 heavy (non-hydrogen) atoms. The van der Waals surface area contributed by atoms with Crippen molar-refractivity contribution in [2.45, 2.75) is 26.2 Å². The molecule has 1 aliphatic carbocycles. The van der Waals surface area contributed by atoms with Crippen molar-refractivity contribution in [2.24, 2.45) is 5.73 Å². The lowest BCUT2D eigenvalue weighted by molar-refractivity contribution is -0.365. The van der Waals surface area contributed by atoms with E-state index in [2.05, 4.69) is 20.3 Å². The van der Waals surface area contributed by atoms with E-state index < -0.39 is 0 Å². The molecule has 0 fully saturated rings. The summed E-state index contributed by atoms with van der Waals surface area (Å²) in [5, 5.41) is 3.64. The average molecular weight is 319 g/mol. The van der Waals surface area contributed by atoms with E-state index in [0.29, 0.717) is 11.0 Å². The van der Waals surface area contributed by atoms with Crippen LogP contribution in [0.25, 0.3) is 0 Å². The summed E-state index contributed by atoms with van der Waals surface area (Å²) in [7, 11) is 0. The topological polar surface area (TPSA) is 97.8 Å². The molecule has 0 bridgehead atoms. The number of aromatic amines is 1. The molecule has 1 aromatic carbocycles. The van der Waals surface area contributed by atoms with E-state index in [1.54, 1.807) is 6.07 Å². The Labute approximate surface area is 132 Å². The third kappa shape index (κ3) is 2.96. The maximum atomic E-state index is 11.9. The van der Waals surface area contributed by atoms with Crippen molar-refractivity contribution in [1.29, 1.82) is 0 Å². The van der Waals surface area contributed by atoms with Gasteiger partial charge >= 0.3 is 5.95 Å². The summed E-state index contributed by atoms with van der Waals surface area (Å²) in [4.78, 5) is 21.9. The number of anilines is 1. The zero-order chi connectivity index (χ0) is 15.7. The number of nitrogens with two attached hydrogens (primary N) is 1. The molecular formula is C15H17ClN5O+. The fourth-order valence-corrected chi connectivity index (χ4v) is 2.67. The highest BCUT2D eigenvalue weighted by atomic mass is 35.5. The van der Waals surface area contributed by atoms with Gasteiger partial charge in [0.15, 0.2) is 0 Å². The zero-order valence-electron chi connectivity index (χ0n) is 12.2. The number of nitrogens with one attached hydrogen (secondary N) is 3. The van der Waals surface area contributed by atoms with E-state index in [9.17, 15) is 4.79 Å². The SMILES string of the molecule is Cc1ccc(NC(N)=[NH+]c2nc3c(c(=O)[nH]2)CCC3)cc1Cl. The molecule has 0 saturated heterocycles. The number of halogens is 1. The summed E-state index contributed by atoms with van der Waals surface area (Å²) in [6, 6.07) is 5.55. The lowest BCUT2D eigenvalue weighted by Crippen LogP contribution is -2.73. The number of fused-ring (bicyclic) bond motifs is 1. The quantitative estimate of drug-likeness (QED) is 0.475. The minimum Gasteiger partial charge on any atom is -0.322 e. The van der Waals surface area contributed by atoms with E-state index in [-0.39, 0.29) is 11.5 Å². The fourth-order valence-electron chi connectivity index (χ4n) is 2.49. The highest BCUT2D eigenvalue weighted by Crippen LogP contribution is 2.19. The predicted octanol–water partition coefficient (Wildman–Crippen LogP) is 0.359. The molecule has 7 heteroatoms. The van der Waals surface area contributed by atoms with Crippen molar-refractivity contribution >= 4 is 29.2 Å². The molecule has 0 atom stereocenters. The molecule has 0 amide bonds. The lowest BCUT2D eigenvalue weighted by Gasteiger charge is -2.04. The molecule has 2 aromatic rings. The molecule has 0 radical (unpaired) electrons. The highest BCUT2D eigenvalue weighted by Gasteiger charge is 2.19. The second-order valence-corrected chi connectivity index (χ2v) is 5.73. The van der Waals surface area contributed by atoms with Gasteiger partial charge in [-0.05, 0) is 37.5 Å².